The molecule has 0 spiro atoms. The number of aryl methyl sites for hydroxylation is 3. The highest BCUT2D eigenvalue weighted by atomic mass is 79.9. The number of amides is 2. The maximum atomic E-state index is 12.8. The first kappa shape index (κ1) is 26.0. The third-order valence-electron chi connectivity index (χ3n) is 5.57. The van der Waals surface area contributed by atoms with E-state index in [-0.39, 0.29) is 29.5 Å². The molecule has 9 heteroatoms. The van der Waals surface area contributed by atoms with Crippen molar-refractivity contribution in [2.75, 3.05) is 11.1 Å². The van der Waals surface area contributed by atoms with E-state index in [0.29, 0.717) is 16.5 Å². The molecule has 0 bridgehead atoms. The van der Waals surface area contributed by atoms with E-state index >= 15 is 0 Å². The summed E-state index contributed by atoms with van der Waals surface area (Å²) in [5, 5.41) is 15.3. The van der Waals surface area contributed by atoms with E-state index in [0.717, 1.165) is 26.9 Å². The van der Waals surface area contributed by atoms with E-state index in [2.05, 4.69) is 36.8 Å². The Kier molecular flexibility index (Phi) is 8.54. The monoisotopic (exact) mass is 543 g/mol. The molecule has 0 fully saturated rings. The Hall–Kier alpha value is -2.65. The van der Waals surface area contributed by atoms with Gasteiger partial charge in [-0.3, -0.25) is 9.59 Å². The number of nitrogens with zero attached hydrogens (tertiary/aromatic N) is 3. The molecule has 7 nitrogen and oxygen atoms in total. The molecule has 0 aliphatic heterocycles. The maximum Gasteiger partial charge on any atom is 0.251 e. The van der Waals surface area contributed by atoms with Crippen molar-refractivity contribution in [3.63, 3.8) is 0 Å². The molecule has 0 saturated carbocycles. The van der Waals surface area contributed by atoms with Gasteiger partial charge in [0.2, 0.25) is 5.91 Å². The SMILES string of the molecule is Cc1cccc(C(=O)N[C@@H](c2nnc(SCC(=O)Nc3cc(C)c(C)cc3Br)n2C)C(C)C)c1. The number of carbonyl (C=O) groups is 2. The summed E-state index contributed by atoms with van der Waals surface area (Å²) in [5.74, 6) is 0.646. The molecule has 1 aromatic heterocycles. The Balaban J connectivity index is 1.68. The fourth-order valence-electron chi connectivity index (χ4n) is 3.46. The summed E-state index contributed by atoms with van der Waals surface area (Å²) in [6.45, 7) is 10.0. The number of hydrogen-bond acceptors (Lipinski definition) is 5. The lowest BCUT2D eigenvalue weighted by molar-refractivity contribution is -0.113. The zero-order valence-corrected chi connectivity index (χ0v) is 22.7. The summed E-state index contributed by atoms with van der Waals surface area (Å²) >= 11 is 4.81. The second kappa shape index (κ2) is 11.2. The number of halogens is 1. The smallest absolute Gasteiger partial charge is 0.251 e. The quantitative estimate of drug-likeness (QED) is 0.373. The summed E-state index contributed by atoms with van der Waals surface area (Å²) in [6, 6.07) is 11.1. The van der Waals surface area contributed by atoms with Crippen LogP contribution in [0.3, 0.4) is 0 Å². The van der Waals surface area contributed by atoms with E-state index in [1.807, 2.05) is 76.6 Å². The molecular weight excluding hydrogens is 514 g/mol. The molecule has 0 unspecified atom stereocenters. The molecule has 1 heterocycles. The fourth-order valence-corrected chi connectivity index (χ4v) is 4.73. The van der Waals surface area contributed by atoms with Crippen molar-refractivity contribution in [1.29, 1.82) is 0 Å². The number of thioether (sulfide) groups is 1. The molecule has 3 rings (SSSR count). The Morgan fingerprint density at radius 3 is 2.47 bits per heavy atom. The number of benzene rings is 2. The highest BCUT2D eigenvalue weighted by Crippen LogP contribution is 2.27. The lowest BCUT2D eigenvalue weighted by Gasteiger charge is -2.22. The molecule has 2 amide bonds. The molecule has 0 aliphatic rings. The lowest BCUT2D eigenvalue weighted by Crippen LogP contribution is -2.33. The first-order chi connectivity index (χ1) is 16.1. The summed E-state index contributed by atoms with van der Waals surface area (Å²) < 4.78 is 2.68. The Labute approximate surface area is 213 Å². The van der Waals surface area contributed by atoms with Gasteiger partial charge < -0.3 is 15.2 Å². The molecule has 34 heavy (non-hydrogen) atoms. The van der Waals surface area contributed by atoms with Crippen molar-refractivity contribution < 1.29 is 9.59 Å². The van der Waals surface area contributed by atoms with E-state index in [1.54, 1.807) is 6.07 Å². The largest absolute Gasteiger partial charge is 0.342 e. The molecular formula is C25H30BrN5O2S. The van der Waals surface area contributed by atoms with Crippen LogP contribution in [0.2, 0.25) is 0 Å². The van der Waals surface area contributed by atoms with Gasteiger partial charge in [0.15, 0.2) is 11.0 Å². The second-order valence-corrected chi connectivity index (χ2v) is 10.5. The van der Waals surface area contributed by atoms with Gasteiger partial charge in [-0.15, -0.1) is 10.2 Å². The van der Waals surface area contributed by atoms with Crippen LogP contribution in [0.4, 0.5) is 5.69 Å². The zero-order chi connectivity index (χ0) is 25.0. The van der Waals surface area contributed by atoms with Crippen LogP contribution in [0.15, 0.2) is 46.0 Å². The third-order valence-corrected chi connectivity index (χ3v) is 7.25. The molecule has 2 N–H and O–H groups in total. The van der Waals surface area contributed by atoms with Gasteiger partial charge in [-0.25, -0.2) is 0 Å². The van der Waals surface area contributed by atoms with Crippen LogP contribution >= 0.6 is 27.7 Å². The number of anilines is 1. The Bertz CT molecular complexity index is 1210. The van der Waals surface area contributed by atoms with E-state index in [4.69, 9.17) is 0 Å². The zero-order valence-electron chi connectivity index (χ0n) is 20.3. The topological polar surface area (TPSA) is 88.9 Å². The molecule has 0 aliphatic carbocycles. The normalized spacial score (nSPS) is 12.0. The van der Waals surface area contributed by atoms with E-state index in [9.17, 15) is 9.59 Å². The van der Waals surface area contributed by atoms with Crippen molar-refractivity contribution in [1.82, 2.24) is 20.1 Å². The molecule has 3 aromatic rings. The molecule has 1 atom stereocenters. The van der Waals surface area contributed by atoms with Crippen molar-refractivity contribution in [3.8, 4) is 0 Å². The fraction of sp³-hybridized carbons (Fsp3) is 0.360. The van der Waals surface area contributed by atoms with Crippen LogP contribution in [0.1, 0.15) is 52.8 Å². The van der Waals surface area contributed by atoms with Crippen molar-refractivity contribution in [2.45, 2.75) is 45.8 Å². The minimum atomic E-state index is -0.319. The standard InChI is InChI=1S/C25H30BrN5O2S/c1-14(2)22(28-24(33)18-9-7-8-15(3)10-18)23-29-30-25(31(23)6)34-13-21(32)27-20-12-17(5)16(4)11-19(20)26/h7-12,14,22H,13H2,1-6H3,(H,27,32)(H,28,33)/t22-/m1/s1. The number of hydrogen-bond donors (Lipinski definition) is 2. The number of carbonyl (C=O) groups excluding carboxylic acids is 2. The Morgan fingerprint density at radius 2 is 1.79 bits per heavy atom. The second-order valence-electron chi connectivity index (χ2n) is 8.72. The minimum absolute atomic E-state index is 0.0972. The van der Waals surface area contributed by atoms with Gasteiger partial charge >= 0.3 is 0 Å². The first-order valence-electron chi connectivity index (χ1n) is 11.0. The lowest BCUT2D eigenvalue weighted by atomic mass is 10.0. The number of aromatic nitrogens is 3. The van der Waals surface area contributed by atoms with Gasteiger partial charge in [0, 0.05) is 17.1 Å². The van der Waals surface area contributed by atoms with Gasteiger partial charge in [0.05, 0.1) is 17.5 Å². The Morgan fingerprint density at radius 1 is 1.09 bits per heavy atom. The summed E-state index contributed by atoms with van der Waals surface area (Å²) in [4.78, 5) is 25.4. The molecule has 180 valence electrons. The summed E-state index contributed by atoms with van der Waals surface area (Å²) in [7, 11) is 1.85. The van der Waals surface area contributed by atoms with Crippen molar-refractivity contribution in [2.24, 2.45) is 13.0 Å². The average Bonchev–Trinajstić information content (AvgIpc) is 3.14. The minimum Gasteiger partial charge on any atom is -0.342 e. The number of rotatable bonds is 8. The van der Waals surface area contributed by atoms with Crippen LogP contribution in [0, 0.1) is 26.7 Å². The van der Waals surface area contributed by atoms with Gasteiger partial charge in [-0.1, -0.05) is 43.3 Å². The summed E-state index contributed by atoms with van der Waals surface area (Å²) in [5.41, 5.74) is 4.64. The van der Waals surface area contributed by atoms with Gasteiger partial charge in [-0.2, -0.15) is 0 Å². The maximum absolute atomic E-state index is 12.8. The van der Waals surface area contributed by atoms with Crippen molar-refractivity contribution >= 4 is 45.2 Å². The van der Waals surface area contributed by atoms with Gasteiger partial charge in [-0.05, 0) is 78.0 Å². The van der Waals surface area contributed by atoms with E-state index < -0.39 is 0 Å². The van der Waals surface area contributed by atoms with Gasteiger partial charge in [0.25, 0.3) is 5.91 Å². The van der Waals surface area contributed by atoms with E-state index in [1.165, 1.54) is 11.8 Å². The van der Waals surface area contributed by atoms with Crippen LogP contribution in [0.5, 0.6) is 0 Å². The van der Waals surface area contributed by atoms with Gasteiger partial charge in [0.1, 0.15) is 0 Å². The highest BCUT2D eigenvalue weighted by Gasteiger charge is 2.25. The van der Waals surface area contributed by atoms with Crippen LogP contribution < -0.4 is 10.6 Å². The highest BCUT2D eigenvalue weighted by molar-refractivity contribution is 9.10. The third kappa shape index (κ3) is 6.27. The van der Waals surface area contributed by atoms with Crippen LogP contribution in [-0.2, 0) is 11.8 Å². The average molecular weight is 545 g/mol. The van der Waals surface area contributed by atoms with Crippen LogP contribution in [-0.4, -0.2) is 32.3 Å². The first-order valence-corrected chi connectivity index (χ1v) is 12.8. The predicted molar refractivity (Wildman–Crippen MR) is 140 cm³/mol. The number of nitrogens with one attached hydrogen (secondary N) is 2. The van der Waals surface area contributed by atoms with Crippen LogP contribution in [0.25, 0.3) is 0 Å². The van der Waals surface area contributed by atoms with Crippen molar-refractivity contribution in [3.05, 3.63) is 68.9 Å². The summed E-state index contributed by atoms with van der Waals surface area (Å²) in [6.07, 6.45) is 0. The molecule has 0 radical (unpaired) electrons. The molecule has 2 aromatic carbocycles. The molecule has 0 saturated heterocycles. The predicted octanol–water partition coefficient (Wildman–Crippen LogP) is 5.36.